The molecule has 2 aromatic heterocycles. The van der Waals surface area contributed by atoms with E-state index >= 15 is 0 Å². The van der Waals surface area contributed by atoms with Gasteiger partial charge in [-0.25, -0.2) is 9.97 Å². The molecular formula is C19H23ClN6O2S. The lowest BCUT2D eigenvalue weighted by Crippen LogP contribution is -2.48. The van der Waals surface area contributed by atoms with Crippen LogP contribution in [0.5, 0.6) is 0 Å². The van der Waals surface area contributed by atoms with Gasteiger partial charge in [0.15, 0.2) is 5.16 Å². The molecule has 10 heteroatoms. The molecule has 154 valence electrons. The maximum Gasteiger partial charge on any atom is 0.230 e. The Morgan fingerprint density at radius 2 is 2.00 bits per heavy atom. The van der Waals surface area contributed by atoms with Gasteiger partial charge in [-0.15, -0.1) is 0 Å². The second-order valence-corrected chi connectivity index (χ2v) is 7.77. The van der Waals surface area contributed by atoms with Crippen molar-refractivity contribution in [3.63, 3.8) is 0 Å². The minimum absolute atomic E-state index is 0.127. The minimum atomic E-state index is -0.127. The van der Waals surface area contributed by atoms with Crippen molar-refractivity contribution in [3.8, 4) is 0 Å². The lowest BCUT2D eigenvalue weighted by atomic mass is 10.3. The summed E-state index contributed by atoms with van der Waals surface area (Å²) < 4.78 is 0. The Balaban J connectivity index is 1.52. The van der Waals surface area contributed by atoms with E-state index < -0.39 is 0 Å². The van der Waals surface area contributed by atoms with Gasteiger partial charge in [0.1, 0.15) is 11.0 Å². The van der Waals surface area contributed by atoms with Crippen molar-refractivity contribution in [2.45, 2.75) is 25.0 Å². The normalized spacial score (nSPS) is 14.0. The molecule has 0 spiro atoms. The van der Waals surface area contributed by atoms with Gasteiger partial charge >= 0.3 is 0 Å². The highest BCUT2D eigenvalue weighted by Crippen LogP contribution is 2.23. The van der Waals surface area contributed by atoms with Gasteiger partial charge in [0.05, 0.1) is 18.0 Å². The number of nitrogens with zero attached hydrogens (tertiary/aromatic N) is 5. The van der Waals surface area contributed by atoms with E-state index in [-0.39, 0.29) is 17.6 Å². The topological polar surface area (TPSA) is 91.3 Å². The van der Waals surface area contributed by atoms with Crippen molar-refractivity contribution in [1.82, 2.24) is 25.2 Å². The van der Waals surface area contributed by atoms with Gasteiger partial charge in [-0.2, -0.15) is 0 Å². The summed E-state index contributed by atoms with van der Waals surface area (Å²) in [7, 11) is 0. The fourth-order valence-corrected chi connectivity index (χ4v) is 3.80. The molecule has 1 N–H and O–H groups in total. The average Bonchev–Trinajstić information content (AvgIpc) is 2.76. The maximum atomic E-state index is 12.1. The molecule has 3 rings (SSSR count). The summed E-state index contributed by atoms with van der Waals surface area (Å²) in [6.07, 6.45) is 2.21. The first-order valence-corrected chi connectivity index (χ1v) is 10.8. The number of halogens is 1. The molecule has 0 aromatic carbocycles. The van der Waals surface area contributed by atoms with Crippen LogP contribution in [0.1, 0.15) is 19.0 Å². The number of rotatable bonds is 7. The fourth-order valence-electron chi connectivity index (χ4n) is 2.89. The molecule has 0 saturated carbocycles. The minimum Gasteiger partial charge on any atom is -0.353 e. The molecule has 0 aliphatic carbocycles. The second kappa shape index (κ2) is 10.4. The number of hydrogen-bond acceptors (Lipinski definition) is 7. The van der Waals surface area contributed by atoms with E-state index in [1.165, 1.54) is 11.8 Å². The monoisotopic (exact) mass is 434 g/mol. The van der Waals surface area contributed by atoms with Crippen LogP contribution < -0.4 is 10.2 Å². The molecular weight excluding hydrogens is 412 g/mol. The van der Waals surface area contributed by atoms with Crippen LogP contribution in [0, 0.1) is 0 Å². The first-order chi connectivity index (χ1) is 14.0. The summed E-state index contributed by atoms with van der Waals surface area (Å²) in [5.41, 5.74) is 0.799. The highest BCUT2D eigenvalue weighted by atomic mass is 35.5. The molecule has 1 saturated heterocycles. The van der Waals surface area contributed by atoms with E-state index in [9.17, 15) is 9.59 Å². The Hall–Kier alpha value is -2.39. The number of anilines is 1. The van der Waals surface area contributed by atoms with Crippen LogP contribution in [0.3, 0.4) is 0 Å². The number of aromatic nitrogens is 3. The molecule has 0 bridgehead atoms. The predicted octanol–water partition coefficient (Wildman–Crippen LogP) is 1.99. The Morgan fingerprint density at radius 3 is 2.69 bits per heavy atom. The zero-order valence-electron chi connectivity index (χ0n) is 16.2. The summed E-state index contributed by atoms with van der Waals surface area (Å²) in [5, 5.41) is 3.61. The van der Waals surface area contributed by atoms with Gasteiger partial charge in [0, 0.05) is 44.9 Å². The molecule has 8 nitrogen and oxygen atoms in total. The van der Waals surface area contributed by atoms with Crippen LogP contribution >= 0.6 is 23.4 Å². The number of pyridine rings is 1. The van der Waals surface area contributed by atoms with E-state index in [1.54, 1.807) is 12.3 Å². The van der Waals surface area contributed by atoms with Crippen molar-refractivity contribution < 1.29 is 9.59 Å². The van der Waals surface area contributed by atoms with Crippen molar-refractivity contribution in [3.05, 3.63) is 41.3 Å². The van der Waals surface area contributed by atoms with Crippen LogP contribution in [0.25, 0.3) is 0 Å². The number of piperazine rings is 1. The summed E-state index contributed by atoms with van der Waals surface area (Å²) in [4.78, 5) is 40.8. The number of hydrogen-bond donors (Lipinski definition) is 1. The third-order valence-corrected chi connectivity index (χ3v) is 5.49. The van der Waals surface area contributed by atoms with Gasteiger partial charge < -0.3 is 15.1 Å². The number of nitrogens with one attached hydrogen (secondary N) is 1. The highest BCUT2D eigenvalue weighted by molar-refractivity contribution is 7.99. The first kappa shape index (κ1) is 21.3. The molecule has 1 aliphatic rings. The molecule has 0 radical (unpaired) electrons. The maximum absolute atomic E-state index is 12.1. The third-order valence-electron chi connectivity index (χ3n) is 4.44. The lowest BCUT2D eigenvalue weighted by Gasteiger charge is -2.35. The molecule has 0 unspecified atom stereocenters. The van der Waals surface area contributed by atoms with Crippen molar-refractivity contribution in [2.24, 2.45) is 0 Å². The Morgan fingerprint density at radius 1 is 1.21 bits per heavy atom. The van der Waals surface area contributed by atoms with Crippen LogP contribution in [0.4, 0.5) is 5.82 Å². The summed E-state index contributed by atoms with van der Waals surface area (Å²) in [6, 6.07) is 7.27. The number of thioether (sulfide) groups is 1. The van der Waals surface area contributed by atoms with Crippen molar-refractivity contribution in [1.29, 1.82) is 0 Å². The SMILES string of the molecule is CCC(=O)N1CCN(c2cc(Cl)nc(SCC(=O)NCc3ccccn3)n2)CC1. The van der Waals surface area contributed by atoms with Crippen molar-refractivity contribution in [2.75, 3.05) is 36.8 Å². The standard InChI is InChI=1S/C19H23ClN6O2S/c1-2-18(28)26-9-7-25(8-10-26)16-11-15(20)23-19(24-16)29-13-17(27)22-12-14-5-3-4-6-21-14/h3-6,11H,2,7-10,12-13H2,1H3,(H,22,27). The van der Waals surface area contributed by atoms with Crippen molar-refractivity contribution >= 4 is 41.0 Å². The molecule has 1 fully saturated rings. The zero-order chi connectivity index (χ0) is 20.6. The van der Waals surface area contributed by atoms with Gasteiger partial charge in [0.25, 0.3) is 0 Å². The van der Waals surface area contributed by atoms with Gasteiger partial charge in [-0.3, -0.25) is 14.6 Å². The largest absolute Gasteiger partial charge is 0.353 e. The predicted molar refractivity (Wildman–Crippen MR) is 113 cm³/mol. The molecule has 1 aliphatic heterocycles. The molecule has 2 amide bonds. The molecule has 2 aromatic rings. The first-order valence-electron chi connectivity index (χ1n) is 9.42. The quantitative estimate of drug-likeness (QED) is 0.404. The summed E-state index contributed by atoms with van der Waals surface area (Å²) >= 11 is 7.40. The lowest BCUT2D eigenvalue weighted by molar-refractivity contribution is -0.131. The van der Waals surface area contributed by atoms with Crippen LogP contribution in [-0.2, 0) is 16.1 Å². The number of amides is 2. The van der Waals surface area contributed by atoms with Gasteiger partial charge in [-0.05, 0) is 12.1 Å². The van der Waals surface area contributed by atoms with Crippen LogP contribution in [0.2, 0.25) is 5.15 Å². The molecule has 0 atom stereocenters. The number of carbonyl (C=O) groups excluding carboxylic acids is 2. The van der Waals surface area contributed by atoms with E-state index in [1.807, 2.05) is 30.0 Å². The summed E-state index contributed by atoms with van der Waals surface area (Å²) in [5.74, 6) is 0.937. The smallest absolute Gasteiger partial charge is 0.230 e. The Bertz CT molecular complexity index is 846. The van der Waals surface area contributed by atoms with E-state index in [0.29, 0.717) is 55.3 Å². The average molecular weight is 435 g/mol. The van der Waals surface area contributed by atoms with Gasteiger partial charge in [0.2, 0.25) is 11.8 Å². The third kappa shape index (κ3) is 6.30. The fraction of sp³-hybridized carbons (Fsp3) is 0.421. The second-order valence-electron chi connectivity index (χ2n) is 6.44. The van der Waals surface area contributed by atoms with Crippen LogP contribution in [0.15, 0.2) is 35.6 Å². The Kier molecular flexibility index (Phi) is 7.65. The zero-order valence-corrected chi connectivity index (χ0v) is 17.7. The van der Waals surface area contributed by atoms with Gasteiger partial charge in [-0.1, -0.05) is 36.4 Å². The van der Waals surface area contributed by atoms with E-state index in [0.717, 1.165) is 5.69 Å². The number of carbonyl (C=O) groups is 2. The Labute approximate surface area is 179 Å². The molecule has 29 heavy (non-hydrogen) atoms. The summed E-state index contributed by atoms with van der Waals surface area (Å²) in [6.45, 7) is 4.94. The van der Waals surface area contributed by atoms with Crippen LogP contribution in [-0.4, -0.2) is 63.6 Å². The van der Waals surface area contributed by atoms with E-state index in [4.69, 9.17) is 11.6 Å². The molecule has 3 heterocycles. The highest BCUT2D eigenvalue weighted by Gasteiger charge is 2.21. The van der Waals surface area contributed by atoms with E-state index in [2.05, 4.69) is 25.2 Å².